The topological polar surface area (TPSA) is 83.5 Å². The Hall–Kier alpha value is -2.17. The van der Waals surface area contributed by atoms with Gasteiger partial charge in [0.05, 0.1) is 5.41 Å². The van der Waals surface area contributed by atoms with E-state index in [-0.39, 0.29) is 30.4 Å². The Morgan fingerprint density at radius 2 is 1.95 bits per heavy atom. The largest absolute Gasteiger partial charge is 0.481 e. The Kier molecular flexibility index (Phi) is 3.85. The Morgan fingerprint density at radius 3 is 2.57 bits per heavy atom. The van der Waals surface area contributed by atoms with E-state index in [9.17, 15) is 14.4 Å². The highest BCUT2D eigenvalue weighted by molar-refractivity contribution is 6.07. The molecule has 2 rings (SSSR count). The van der Waals surface area contributed by atoms with E-state index in [4.69, 9.17) is 5.11 Å². The number of nitrogens with one attached hydrogen (secondary N) is 1. The highest BCUT2D eigenvalue weighted by atomic mass is 16.4. The van der Waals surface area contributed by atoms with Crippen molar-refractivity contribution >= 4 is 23.3 Å². The van der Waals surface area contributed by atoms with Crippen LogP contribution in [-0.4, -0.2) is 22.8 Å². The van der Waals surface area contributed by atoms with E-state index >= 15 is 0 Å². The number of hydrogen-bond acceptors (Lipinski definition) is 3. The lowest BCUT2D eigenvalue weighted by molar-refractivity contribution is -0.137. The van der Waals surface area contributed by atoms with Crippen LogP contribution in [0.4, 0.5) is 5.69 Å². The number of carbonyl (C=O) groups is 3. The summed E-state index contributed by atoms with van der Waals surface area (Å²) in [6, 6.07) is 5.15. The molecule has 1 aromatic rings. The van der Waals surface area contributed by atoms with Gasteiger partial charge >= 0.3 is 5.97 Å². The van der Waals surface area contributed by atoms with Crippen molar-refractivity contribution in [1.29, 1.82) is 0 Å². The average molecular weight is 289 g/mol. The maximum absolute atomic E-state index is 12.2. The molecule has 21 heavy (non-hydrogen) atoms. The summed E-state index contributed by atoms with van der Waals surface area (Å²) < 4.78 is 0. The van der Waals surface area contributed by atoms with Crippen molar-refractivity contribution in [3.63, 3.8) is 0 Å². The summed E-state index contributed by atoms with van der Waals surface area (Å²) in [5.41, 5.74) is 1.41. The minimum absolute atomic E-state index is 0.0256. The third kappa shape index (κ3) is 2.96. The molecule has 5 nitrogen and oxygen atoms in total. The molecule has 1 aliphatic rings. The number of amides is 1. The molecule has 5 heteroatoms. The minimum Gasteiger partial charge on any atom is -0.481 e. The van der Waals surface area contributed by atoms with Gasteiger partial charge in [0.15, 0.2) is 5.78 Å². The van der Waals surface area contributed by atoms with Gasteiger partial charge < -0.3 is 10.4 Å². The van der Waals surface area contributed by atoms with Crippen LogP contribution in [0.2, 0.25) is 0 Å². The molecule has 112 valence electrons. The molecule has 0 radical (unpaired) electrons. The van der Waals surface area contributed by atoms with Crippen molar-refractivity contribution in [2.24, 2.45) is 5.92 Å². The van der Waals surface area contributed by atoms with Crippen LogP contribution in [-0.2, 0) is 15.0 Å². The fourth-order valence-corrected chi connectivity index (χ4v) is 2.55. The van der Waals surface area contributed by atoms with Crippen LogP contribution < -0.4 is 5.32 Å². The number of hydrogen-bond donors (Lipinski definition) is 2. The van der Waals surface area contributed by atoms with Crippen molar-refractivity contribution < 1.29 is 19.5 Å². The molecule has 2 N–H and O–H groups in total. The molecule has 1 heterocycles. The number of carbonyl (C=O) groups excluding carboxylic acids is 2. The van der Waals surface area contributed by atoms with Gasteiger partial charge in [0.1, 0.15) is 0 Å². The van der Waals surface area contributed by atoms with Crippen LogP contribution >= 0.6 is 0 Å². The Morgan fingerprint density at radius 1 is 1.29 bits per heavy atom. The molecular weight excluding hydrogens is 270 g/mol. The number of aliphatic carboxylic acids is 1. The third-order valence-electron chi connectivity index (χ3n) is 3.89. The zero-order valence-electron chi connectivity index (χ0n) is 12.4. The minimum atomic E-state index is -0.903. The number of rotatable bonds is 5. The average Bonchev–Trinajstić information content (AvgIpc) is 2.59. The number of Topliss-reactive ketones (excluding diaryl/α,β-unsaturated/α-hetero) is 1. The van der Waals surface area contributed by atoms with Crippen molar-refractivity contribution in [2.45, 2.75) is 39.0 Å². The quantitative estimate of drug-likeness (QED) is 0.816. The lowest BCUT2D eigenvalue weighted by atomic mass is 9.84. The Balaban J connectivity index is 2.20. The first-order valence-electron chi connectivity index (χ1n) is 6.92. The lowest BCUT2D eigenvalue weighted by Gasteiger charge is -2.16. The lowest BCUT2D eigenvalue weighted by Crippen LogP contribution is -2.27. The summed E-state index contributed by atoms with van der Waals surface area (Å²) in [6.45, 7) is 5.37. The first kappa shape index (κ1) is 15.2. The molecule has 0 aliphatic carbocycles. The van der Waals surface area contributed by atoms with Gasteiger partial charge in [-0.05, 0) is 43.5 Å². The predicted molar refractivity (Wildman–Crippen MR) is 78.5 cm³/mol. The summed E-state index contributed by atoms with van der Waals surface area (Å²) in [4.78, 5) is 34.7. The molecule has 1 aliphatic heterocycles. The molecule has 1 unspecified atom stereocenters. The van der Waals surface area contributed by atoms with Gasteiger partial charge in [0.2, 0.25) is 5.91 Å². The number of carboxylic acid groups (broad SMARTS) is 1. The van der Waals surface area contributed by atoms with Crippen LogP contribution in [0, 0.1) is 5.92 Å². The zero-order valence-corrected chi connectivity index (χ0v) is 12.4. The zero-order chi connectivity index (χ0) is 15.8. The first-order valence-corrected chi connectivity index (χ1v) is 6.92. The molecule has 0 spiro atoms. The van der Waals surface area contributed by atoms with Gasteiger partial charge in [0.25, 0.3) is 0 Å². The SMILES string of the molecule is CC(CC(=O)O)CC(=O)c1ccc2c(c1)C(C)(C)C(=O)N2. The molecule has 1 aromatic carbocycles. The van der Waals surface area contributed by atoms with E-state index in [1.165, 1.54) is 0 Å². The molecule has 1 amide bonds. The van der Waals surface area contributed by atoms with Gasteiger partial charge in [-0.2, -0.15) is 0 Å². The van der Waals surface area contributed by atoms with Crippen LogP contribution in [0.25, 0.3) is 0 Å². The van der Waals surface area contributed by atoms with E-state index in [2.05, 4.69) is 5.32 Å². The number of benzene rings is 1. The maximum atomic E-state index is 12.2. The van der Waals surface area contributed by atoms with E-state index < -0.39 is 11.4 Å². The van der Waals surface area contributed by atoms with Gasteiger partial charge in [-0.15, -0.1) is 0 Å². The van der Waals surface area contributed by atoms with E-state index in [0.29, 0.717) is 5.56 Å². The Bertz CT molecular complexity index is 619. The van der Waals surface area contributed by atoms with Crippen LogP contribution in [0.5, 0.6) is 0 Å². The van der Waals surface area contributed by atoms with Crippen LogP contribution in [0.1, 0.15) is 49.5 Å². The third-order valence-corrected chi connectivity index (χ3v) is 3.89. The fourth-order valence-electron chi connectivity index (χ4n) is 2.55. The van der Waals surface area contributed by atoms with Gasteiger partial charge in [-0.25, -0.2) is 0 Å². The van der Waals surface area contributed by atoms with Gasteiger partial charge in [0, 0.05) is 24.1 Å². The molecule has 1 atom stereocenters. The summed E-state index contributed by atoms with van der Waals surface area (Å²) in [7, 11) is 0. The molecule has 0 saturated heterocycles. The second-order valence-electron chi connectivity index (χ2n) is 6.17. The molecule has 0 aromatic heterocycles. The van der Waals surface area contributed by atoms with Gasteiger partial charge in [-0.1, -0.05) is 6.92 Å². The standard InChI is InChI=1S/C16H19NO4/c1-9(7-14(19)20)6-13(18)10-4-5-12-11(8-10)16(2,3)15(21)17-12/h4-5,8-9H,6-7H2,1-3H3,(H,17,21)(H,19,20). The van der Waals surface area contributed by atoms with Crippen molar-refractivity contribution in [2.75, 3.05) is 5.32 Å². The highest BCUT2D eigenvalue weighted by Gasteiger charge is 2.38. The number of carboxylic acids is 1. The smallest absolute Gasteiger partial charge is 0.303 e. The fraction of sp³-hybridized carbons (Fsp3) is 0.438. The highest BCUT2D eigenvalue weighted by Crippen LogP contribution is 2.37. The van der Waals surface area contributed by atoms with Crippen LogP contribution in [0.3, 0.4) is 0 Å². The second kappa shape index (κ2) is 5.31. The summed E-state index contributed by atoms with van der Waals surface area (Å²) in [5, 5.41) is 11.5. The second-order valence-corrected chi connectivity index (χ2v) is 6.17. The summed E-state index contributed by atoms with van der Waals surface area (Å²) >= 11 is 0. The number of anilines is 1. The molecule has 0 saturated carbocycles. The number of ketones is 1. The molecular formula is C16H19NO4. The van der Waals surface area contributed by atoms with E-state index in [1.54, 1.807) is 25.1 Å². The number of fused-ring (bicyclic) bond motifs is 1. The molecule has 0 fully saturated rings. The summed E-state index contributed by atoms with van der Waals surface area (Å²) in [5.74, 6) is -1.29. The van der Waals surface area contributed by atoms with Crippen molar-refractivity contribution in [3.05, 3.63) is 29.3 Å². The maximum Gasteiger partial charge on any atom is 0.303 e. The monoisotopic (exact) mass is 289 g/mol. The predicted octanol–water partition coefficient (Wildman–Crippen LogP) is 2.60. The Labute approximate surface area is 123 Å². The van der Waals surface area contributed by atoms with Gasteiger partial charge in [-0.3, -0.25) is 14.4 Å². The van der Waals surface area contributed by atoms with Crippen LogP contribution in [0.15, 0.2) is 18.2 Å². The summed E-state index contributed by atoms with van der Waals surface area (Å²) in [6.07, 6.45) is 0.162. The van der Waals surface area contributed by atoms with E-state index in [0.717, 1.165) is 11.3 Å². The first-order chi connectivity index (χ1) is 9.71. The molecule has 0 bridgehead atoms. The van der Waals surface area contributed by atoms with E-state index in [1.807, 2.05) is 13.8 Å². The van der Waals surface area contributed by atoms with Crippen molar-refractivity contribution in [1.82, 2.24) is 0 Å². The normalized spacial score (nSPS) is 17.0. The van der Waals surface area contributed by atoms with Crippen molar-refractivity contribution in [3.8, 4) is 0 Å².